The molecular weight excluding hydrogens is 444 g/mol. The first-order valence-corrected chi connectivity index (χ1v) is 11.4. The summed E-state index contributed by atoms with van der Waals surface area (Å²) in [4.78, 5) is 24.6. The summed E-state index contributed by atoms with van der Waals surface area (Å²) in [6, 6.07) is 17.4. The summed E-state index contributed by atoms with van der Waals surface area (Å²) in [5, 5.41) is 2.70. The summed E-state index contributed by atoms with van der Waals surface area (Å²) in [7, 11) is 0.172. The van der Waals surface area contributed by atoms with Crippen LogP contribution in [0.4, 0.5) is 11.4 Å². The molecule has 33 heavy (non-hydrogen) atoms. The van der Waals surface area contributed by atoms with Crippen molar-refractivity contribution < 1.29 is 27.5 Å². The quantitative estimate of drug-likeness (QED) is 0.528. The molecule has 0 aliphatic rings. The average Bonchev–Trinajstić information content (AvgIpc) is 2.83. The van der Waals surface area contributed by atoms with E-state index >= 15 is 0 Å². The Morgan fingerprint density at radius 2 is 1.67 bits per heavy atom. The predicted molar refractivity (Wildman–Crippen MR) is 125 cm³/mol. The van der Waals surface area contributed by atoms with Crippen LogP contribution in [0.25, 0.3) is 0 Å². The van der Waals surface area contributed by atoms with Gasteiger partial charge in [0.1, 0.15) is 5.75 Å². The first kappa shape index (κ1) is 23.8. The Morgan fingerprint density at radius 1 is 0.939 bits per heavy atom. The van der Waals surface area contributed by atoms with E-state index in [-0.39, 0.29) is 16.0 Å². The Kier molecular flexibility index (Phi) is 7.03. The van der Waals surface area contributed by atoms with Crippen LogP contribution in [0.3, 0.4) is 0 Å². The fourth-order valence-corrected chi connectivity index (χ4v) is 4.46. The number of ether oxygens (including phenoxy) is 2. The molecule has 0 saturated carbocycles. The molecule has 0 aromatic heterocycles. The molecule has 3 rings (SSSR count). The van der Waals surface area contributed by atoms with Crippen LogP contribution in [0.15, 0.2) is 71.6 Å². The van der Waals surface area contributed by atoms with Crippen LogP contribution in [-0.2, 0) is 14.8 Å². The van der Waals surface area contributed by atoms with Crippen LogP contribution in [-0.4, -0.2) is 41.6 Å². The third-order valence-electron chi connectivity index (χ3n) is 5.08. The van der Waals surface area contributed by atoms with Gasteiger partial charge in [-0.15, -0.1) is 0 Å². The van der Waals surface area contributed by atoms with E-state index in [9.17, 15) is 18.0 Å². The van der Waals surface area contributed by atoms with Crippen molar-refractivity contribution in [1.29, 1.82) is 0 Å². The monoisotopic (exact) mass is 468 g/mol. The molecule has 172 valence electrons. The molecule has 0 spiro atoms. The molecule has 0 aliphatic carbocycles. The Bertz CT molecular complexity index is 1300. The maximum absolute atomic E-state index is 13.3. The standard InChI is InChI=1S/C24H24N2O6S/c1-16-12-13-19(33(29,30)26(2)21-10-5-6-11-22(21)31-3)15-20(16)23(27)25-18-9-7-8-17(14-18)24(28)32-4/h5-15H,1-4H3,(H,25,27). The predicted octanol–water partition coefficient (Wildman–Crippen LogP) is 3.87. The number of hydrogen-bond donors (Lipinski definition) is 1. The second-order valence-corrected chi connectivity index (χ2v) is 9.12. The molecule has 1 N–H and O–H groups in total. The van der Waals surface area contributed by atoms with E-state index in [4.69, 9.17) is 9.47 Å². The number of amides is 1. The van der Waals surface area contributed by atoms with E-state index < -0.39 is 21.9 Å². The summed E-state index contributed by atoms with van der Waals surface area (Å²) in [5.74, 6) is -0.639. The number of esters is 1. The number of sulfonamides is 1. The number of anilines is 2. The molecule has 0 unspecified atom stereocenters. The minimum absolute atomic E-state index is 0.0463. The molecule has 0 fully saturated rings. The lowest BCUT2D eigenvalue weighted by atomic mass is 10.1. The van der Waals surface area contributed by atoms with Crippen molar-refractivity contribution in [1.82, 2.24) is 0 Å². The van der Waals surface area contributed by atoms with E-state index in [1.165, 1.54) is 39.5 Å². The lowest BCUT2D eigenvalue weighted by Gasteiger charge is -2.22. The van der Waals surface area contributed by atoms with E-state index in [0.717, 1.165) is 4.31 Å². The highest BCUT2D eigenvalue weighted by molar-refractivity contribution is 7.92. The van der Waals surface area contributed by atoms with Crippen LogP contribution in [0.5, 0.6) is 5.75 Å². The summed E-state index contributed by atoms with van der Waals surface area (Å²) in [5.41, 5.74) is 1.80. The number of nitrogens with one attached hydrogen (secondary N) is 1. The van der Waals surface area contributed by atoms with Gasteiger partial charge in [0.2, 0.25) is 0 Å². The van der Waals surface area contributed by atoms with Gasteiger partial charge in [-0.3, -0.25) is 9.10 Å². The van der Waals surface area contributed by atoms with E-state index in [1.54, 1.807) is 55.5 Å². The lowest BCUT2D eigenvalue weighted by molar-refractivity contribution is 0.0600. The molecule has 0 aliphatic heterocycles. The van der Waals surface area contributed by atoms with Gasteiger partial charge >= 0.3 is 5.97 Å². The van der Waals surface area contributed by atoms with E-state index in [2.05, 4.69) is 5.32 Å². The molecule has 8 nitrogen and oxygen atoms in total. The number of methoxy groups -OCH3 is 2. The summed E-state index contributed by atoms with van der Waals surface area (Å²) >= 11 is 0. The first-order valence-electron chi connectivity index (χ1n) is 9.91. The summed E-state index contributed by atoms with van der Waals surface area (Å²) in [6.07, 6.45) is 0. The molecule has 0 saturated heterocycles. The zero-order chi connectivity index (χ0) is 24.2. The molecule has 0 radical (unpaired) electrons. The van der Waals surface area contributed by atoms with Crippen LogP contribution in [0.2, 0.25) is 0 Å². The second-order valence-electron chi connectivity index (χ2n) is 7.15. The van der Waals surface area contributed by atoms with Crippen molar-refractivity contribution >= 4 is 33.3 Å². The number of nitrogens with zero attached hydrogens (tertiary/aromatic N) is 1. The highest BCUT2D eigenvalue weighted by Crippen LogP contribution is 2.31. The number of rotatable bonds is 7. The Labute approximate surface area is 192 Å². The van der Waals surface area contributed by atoms with Crippen LogP contribution in [0.1, 0.15) is 26.3 Å². The van der Waals surface area contributed by atoms with Gasteiger partial charge in [-0.05, 0) is 55.0 Å². The van der Waals surface area contributed by atoms with Gasteiger partial charge in [-0.1, -0.05) is 24.3 Å². The number of carbonyl (C=O) groups is 2. The fraction of sp³-hybridized carbons (Fsp3) is 0.167. The SMILES string of the molecule is COC(=O)c1cccc(NC(=O)c2cc(S(=O)(=O)N(C)c3ccccc3OC)ccc2C)c1. The normalized spacial score (nSPS) is 10.9. The van der Waals surface area contributed by atoms with Crippen LogP contribution >= 0.6 is 0 Å². The highest BCUT2D eigenvalue weighted by Gasteiger charge is 2.25. The molecule has 0 atom stereocenters. The van der Waals surface area contributed by atoms with Gasteiger partial charge in [0.25, 0.3) is 15.9 Å². The Balaban J connectivity index is 1.93. The number of benzene rings is 3. The topological polar surface area (TPSA) is 102 Å². The van der Waals surface area contributed by atoms with Crippen LogP contribution in [0, 0.1) is 6.92 Å². The van der Waals surface area contributed by atoms with Gasteiger partial charge in [0.15, 0.2) is 0 Å². The zero-order valence-corrected chi connectivity index (χ0v) is 19.5. The lowest BCUT2D eigenvalue weighted by Crippen LogP contribution is -2.27. The van der Waals surface area contributed by atoms with Crippen molar-refractivity contribution in [2.45, 2.75) is 11.8 Å². The molecule has 3 aromatic carbocycles. The summed E-state index contributed by atoms with van der Waals surface area (Å²) in [6.45, 7) is 1.71. The van der Waals surface area contributed by atoms with Gasteiger partial charge in [0, 0.05) is 18.3 Å². The van der Waals surface area contributed by atoms with Gasteiger partial charge in [-0.2, -0.15) is 0 Å². The molecular formula is C24H24N2O6S. The number of para-hydroxylation sites is 2. The minimum Gasteiger partial charge on any atom is -0.495 e. The molecule has 0 heterocycles. The number of hydrogen-bond acceptors (Lipinski definition) is 6. The zero-order valence-electron chi connectivity index (χ0n) is 18.7. The number of carbonyl (C=O) groups excluding carboxylic acids is 2. The van der Waals surface area contributed by atoms with Crippen LogP contribution < -0.4 is 14.4 Å². The van der Waals surface area contributed by atoms with E-state index in [1.807, 2.05) is 0 Å². The first-order chi connectivity index (χ1) is 15.7. The van der Waals surface area contributed by atoms with Crippen molar-refractivity contribution in [3.8, 4) is 5.75 Å². The fourth-order valence-electron chi connectivity index (χ4n) is 3.22. The highest BCUT2D eigenvalue weighted by atomic mass is 32.2. The third kappa shape index (κ3) is 4.98. The smallest absolute Gasteiger partial charge is 0.337 e. The Morgan fingerprint density at radius 3 is 2.36 bits per heavy atom. The molecule has 9 heteroatoms. The largest absolute Gasteiger partial charge is 0.495 e. The average molecular weight is 469 g/mol. The maximum Gasteiger partial charge on any atom is 0.337 e. The second kappa shape index (κ2) is 9.74. The molecule has 1 amide bonds. The van der Waals surface area contributed by atoms with Crippen molar-refractivity contribution in [3.05, 3.63) is 83.4 Å². The number of aryl methyl sites for hydroxylation is 1. The van der Waals surface area contributed by atoms with E-state index in [0.29, 0.717) is 22.7 Å². The maximum atomic E-state index is 13.3. The molecule has 0 bridgehead atoms. The van der Waals surface area contributed by atoms with Gasteiger partial charge in [-0.25, -0.2) is 13.2 Å². The molecule has 3 aromatic rings. The third-order valence-corrected chi connectivity index (χ3v) is 6.85. The van der Waals surface area contributed by atoms with Gasteiger partial charge < -0.3 is 14.8 Å². The van der Waals surface area contributed by atoms with Crippen molar-refractivity contribution in [2.24, 2.45) is 0 Å². The van der Waals surface area contributed by atoms with Crippen molar-refractivity contribution in [2.75, 3.05) is 30.9 Å². The summed E-state index contributed by atoms with van der Waals surface area (Å²) < 4.78 is 37.7. The Hall–Kier alpha value is -3.85. The van der Waals surface area contributed by atoms with Crippen molar-refractivity contribution in [3.63, 3.8) is 0 Å². The minimum atomic E-state index is -3.98. The van der Waals surface area contributed by atoms with Gasteiger partial charge in [0.05, 0.1) is 30.4 Å².